The summed E-state index contributed by atoms with van der Waals surface area (Å²) in [6.45, 7) is 9.14. The average Bonchev–Trinajstić information content (AvgIpc) is 3.03. The number of rotatable bonds is 3. The van der Waals surface area contributed by atoms with Gasteiger partial charge in [-0.05, 0) is 47.2 Å². The Kier molecular flexibility index (Phi) is 4.56. The van der Waals surface area contributed by atoms with Crippen molar-refractivity contribution in [2.75, 3.05) is 20.1 Å². The normalized spacial score (nSPS) is 20.6. The Morgan fingerprint density at radius 1 is 1.52 bits per heavy atom. The number of hydrogen-bond donors (Lipinski definition) is 1. The van der Waals surface area contributed by atoms with Crippen LogP contribution in [0, 0.1) is 0 Å². The Hall–Kier alpha value is -1.56. The van der Waals surface area contributed by atoms with Crippen LogP contribution in [0.15, 0.2) is 12.3 Å². The molecule has 1 aliphatic rings. The van der Waals surface area contributed by atoms with Crippen molar-refractivity contribution in [2.45, 2.75) is 51.8 Å². The number of aromatic nitrogens is 2. The Balaban J connectivity index is 2.03. The molecule has 2 unspecified atom stereocenters. The summed E-state index contributed by atoms with van der Waals surface area (Å²) in [6, 6.07) is 2.48. The SMILES string of the molecule is CNC(C)c1ccnn1C1CCN(C(=O)OC(C)(C)C)C1. The van der Waals surface area contributed by atoms with Crippen molar-refractivity contribution in [2.24, 2.45) is 0 Å². The smallest absolute Gasteiger partial charge is 0.410 e. The first-order chi connectivity index (χ1) is 9.81. The topological polar surface area (TPSA) is 59.4 Å². The van der Waals surface area contributed by atoms with Gasteiger partial charge < -0.3 is 15.0 Å². The lowest BCUT2D eigenvalue weighted by Crippen LogP contribution is -2.35. The molecule has 0 aromatic carbocycles. The summed E-state index contributed by atoms with van der Waals surface area (Å²) in [6.07, 6.45) is 2.49. The van der Waals surface area contributed by atoms with Gasteiger partial charge in [-0.2, -0.15) is 5.10 Å². The fourth-order valence-electron chi connectivity index (χ4n) is 2.55. The van der Waals surface area contributed by atoms with Gasteiger partial charge in [0.2, 0.25) is 0 Å². The molecule has 1 saturated heterocycles. The number of carbonyl (C=O) groups excluding carboxylic acids is 1. The summed E-state index contributed by atoms with van der Waals surface area (Å²) in [5.74, 6) is 0. The standard InChI is InChI=1S/C15H26N4O2/c1-11(16-5)13-6-8-17-19(13)12-7-9-18(10-12)14(20)21-15(2,3)4/h6,8,11-12,16H,7,9-10H2,1-5H3. The monoisotopic (exact) mass is 294 g/mol. The van der Waals surface area contributed by atoms with Crippen LogP contribution in [-0.2, 0) is 4.74 Å². The van der Waals surface area contributed by atoms with E-state index in [1.807, 2.05) is 44.8 Å². The van der Waals surface area contributed by atoms with E-state index in [2.05, 4.69) is 17.3 Å². The minimum absolute atomic E-state index is 0.221. The van der Waals surface area contributed by atoms with Gasteiger partial charge >= 0.3 is 6.09 Å². The molecule has 0 aliphatic carbocycles. The Morgan fingerprint density at radius 3 is 2.86 bits per heavy atom. The third-order valence-corrected chi connectivity index (χ3v) is 3.74. The molecule has 0 radical (unpaired) electrons. The van der Waals surface area contributed by atoms with Crippen molar-refractivity contribution in [3.8, 4) is 0 Å². The van der Waals surface area contributed by atoms with E-state index < -0.39 is 5.60 Å². The van der Waals surface area contributed by atoms with Crippen LogP contribution in [-0.4, -0.2) is 46.5 Å². The predicted octanol–water partition coefficient (Wildman–Crippen LogP) is 2.35. The van der Waals surface area contributed by atoms with E-state index in [0.717, 1.165) is 12.1 Å². The van der Waals surface area contributed by atoms with E-state index in [1.54, 1.807) is 4.90 Å². The third-order valence-electron chi connectivity index (χ3n) is 3.74. The van der Waals surface area contributed by atoms with Crippen LogP contribution in [0.4, 0.5) is 4.79 Å². The molecule has 1 aromatic heterocycles. The van der Waals surface area contributed by atoms with E-state index >= 15 is 0 Å². The minimum atomic E-state index is -0.452. The van der Waals surface area contributed by atoms with Gasteiger partial charge in [-0.1, -0.05) is 0 Å². The van der Waals surface area contributed by atoms with Gasteiger partial charge in [0, 0.05) is 25.3 Å². The first kappa shape index (κ1) is 15.8. The molecule has 2 heterocycles. The lowest BCUT2D eigenvalue weighted by Gasteiger charge is -2.24. The molecule has 0 spiro atoms. The van der Waals surface area contributed by atoms with Gasteiger partial charge in [0.05, 0.1) is 11.7 Å². The van der Waals surface area contributed by atoms with Gasteiger partial charge in [0.15, 0.2) is 0 Å². The highest BCUT2D eigenvalue weighted by Crippen LogP contribution is 2.26. The molecule has 1 N–H and O–H groups in total. The second kappa shape index (κ2) is 6.05. The molecule has 1 aromatic rings. The van der Waals surface area contributed by atoms with Gasteiger partial charge in [-0.25, -0.2) is 4.79 Å². The molecule has 6 heteroatoms. The van der Waals surface area contributed by atoms with Crippen molar-refractivity contribution in [3.63, 3.8) is 0 Å². The molecule has 2 rings (SSSR count). The van der Waals surface area contributed by atoms with E-state index in [9.17, 15) is 4.79 Å². The van der Waals surface area contributed by atoms with Gasteiger partial charge in [-0.3, -0.25) is 4.68 Å². The molecule has 6 nitrogen and oxygen atoms in total. The first-order valence-electron chi connectivity index (χ1n) is 7.50. The number of nitrogens with zero attached hydrogens (tertiary/aromatic N) is 3. The summed E-state index contributed by atoms with van der Waals surface area (Å²) < 4.78 is 7.46. The largest absolute Gasteiger partial charge is 0.444 e. The van der Waals surface area contributed by atoms with Crippen molar-refractivity contribution < 1.29 is 9.53 Å². The van der Waals surface area contributed by atoms with Crippen LogP contribution in [0.25, 0.3) is 0 Å². The van der Waals surface area contributed by atoms with E-state index in [0.29, 0.717) is 13.1 Å². The number of nitrogens with one attached hydrogen (secondary N) is 1. The number of ether oxygens (including phenoxy) is 1. The predicted molar refractivity (Wildman–Crippen MR) is 81.2 cm³/mol. The zero-order chi connectivity index (χ0) is 15.6. The fourth-order valence-corrected chi connectivity index (χ4v) is 2.55. The molecule has 1 fully saturated rings. The number of amides is 1. The molecule has 21 heavy (non-hydrogen) atoms. The highest BCUT2D eigenvalue weighted by Gasteiger charge is 2.32. The van der Waals surface area contributed by atoms with Crippen molar-refractivity contribution >= 4 is 6.09 Å². The number of likely N-dealkylation sites (tertiary alicyclic amines) is 1. The molecule has 2 atom stereocenters. The Labute approximate surface area is 126 Å². The van der Waals surface area contributed by atoms with Crippen molar-refractivity contribution in [3.05, 3.63) is 18.0 Å². The third kappa shape index (κ3) is 3.75. The van der Waals surface area contributed by atoms with Crippen LogP contribution in [0.5, 0.6) is 0 Å². The van der Waals surface area contributed by atoms with Crippen LogP contribution in [0.3, 0.4) is 0 Å². The second-order valence-corrected chi connectivity index (χ2v) is 6.58. The van der Waals surface area contributed by atoms with Gasteiger partial charge in [-0.15, -0.1) is 0 Å². The zero-order valence-corrected chi connectivity index (χ0v) is 13.6. The van der Waals surface area contributed by atoms with Crippen LogP contribution in [0.1, 0.15) is 51.9 Å². The van der Waals surface area contributed by atoms with E-state index in [4.69, 9.17) is 4.74 Å². The fraction of sp³-hybridized carbons (Fsp3) is 0.733. The molecular formula is C15H26N4O2. The van der Waals surface area contributed by atoms with Crippen LogP contribution >= 0.6 is 0 Å². The van der Waals surface area contributed by atoms with E-state index in [1.165, 1.54) is 0 Å². The Bertz CT molecular complexity index is 492. The van der Waals surface area contributed by atoms with Gasteiger partial charge in [0.25, 0.3) is 0 Å². The molecule has 1 aliphatic heterocycles. The molecule has 0 saturated carbocycles. The Morgan fingerprint density at radius 2 is 2.24 bits per heavy atom. The van der Waals surface area contributed by atoms with E-state index in [-0.39, 0.29) is 18.2 Å². The quantitative estimate of drug-likeness (QED) is 0.929. The molecule has 1 amide bonds. The lowest BCUT2D eigenvalue weighted by molar-refractivity contribution is 0.0288. The molecular weight excluding hydrogens is 268 g/mol. The maximum atomic E-state index is 12.1. The lowest BCUT2D eigenvalue weighted by atomic mass is 10.2. The number of carbonyl (C=O) groups is 1. The summed E-state index contributed by atoms with van der Waals surface area (Å²) >= 11 is 0. The maximum absolute atomic E-state index is 12.1. The van der Waals surface area contributed by atoms with Crippen molar-refractivity contribution in [1.82, 2.24) is 20.0 Å². The summed E-state index contributed by atoms with van der Waals surface area (Å²) in [7, 11) is 1.93. The van der Waals surface area contributed by atoms with Crippen molar-refractivity contribution in [1.29, 1.82) is 0 Å². The van der Waals surface area contributed by atoms with Crippen LogP contribution < -0.4 is 5.32 Å². The summed E-state index contributed by atoms with van der Waals surface area (Å²) in [5, 5.41) is 7.66. The molecule has 0 bridgehead atoms. The molecule has 118 valence electrons. The maximum Gasteiger partial charge on any atom is 0.410 e. The highest BCUT2D eigenvalue weighted by molar-refractivity contribution is 5.68. The summed E-state index contributed by atoms with van der Waals surface area (Å²) in [4.78, 5) is 13.9. The second-order valence-electron chi connectivity index (χ2n) is 6.58. The van der Waals surface area contributed by atoms with Crippen LogP contribution in [0.2, 0.25) is 0 Å². The van der Waals surface area contributed by atoms with Gasteiger partial charge in [0.1, 0.15) is 5.60 Å². The minimum Gasteiger partial charge on any atom is -0.444 e. The zero-order valence-electron chi connectivity index (χ0n) is 13.6. The first-order valence-corrected chi connectivity index (χ1v) is 7.50. The average molecular weight is 294 g/mol. The highest BCUT2D eigenvalue weighted by atomic mass is 16.6. The summed E-state index contributed by atoms with van der Waals surface area (Å²) in [5.41, 5.74) is 0.695. The number of hydrogen-bond acceptors (Lipinski definition) is 4.